The maximum absolute atomic E-state index is 11.7. The highest BCUT2D eigenvalue weighted by Crippen LogP contribution is 2.22. The third-order valence-electron chi connectivity index (χ3n) is 2.73. The molecule has 1 rings (SSSR count). The third kappa shape index (κ3) is 4.30. The molecule has 1 aliphatic rings. The standard InChI is InChI=1S/C10H18O4S/c1-8-9(5-6-14-8)10(11)4-3-7-15(2,12)13/h8-9H,3-7H2,1-2H3. The molecule has 2 atom stereocenters. The highest BCUT2D eigenvalue weighted by atomic mass is 32.2. The van der Waals surface area contributed by atoms with E-state index in [4.69, 9.17) is 4.74 Å². The number of Topliss-reactive ketones (excluding diaryl/α,β-unsaturated/α-hetero) is 1. The zero-order valence-electron chi connectivity index (χ0n) is 9.23. The van der Waals surface area contributed by atoms with Gasteiger partial charge in [-0.3, -0.25) is 4.79 Å². The van der Waals surface area contributed by atoms with Crippen molar-refractivity contribution in [2.24, 2.45) is 5.92 Å². The molecular weight excluding hydrogens is 216 g/mol. The van der Waals surface area contributed by atoms with Crippen LogP contribution in [0.15, 0.2) is 0 Å². The predicted octanol–water partition coefficient (Wildman–Crippen LogP) is 0.805. The van der Waals surface area contributed by atoms with Gasteiger partial charge in [0.1, 0.15) is 15.6 Å². The van der Waals surface area contributed by atoms with Gasteiger partial charge in [0.2, 0.25) is 0 Å². The third-order valence-corrected chi connectivity index (χ3v) is 3.76. The molecule has 0 aliphatic carbocycles. The Hall–Kier alpha value is -0.420. The van der Waals surface area contributed by atoms with Gasteiger partial charge in [-0.25, -0.2) is 8.42 Å². The van der Waals surface area contributed by atoms with Gasteiger partial charge in [0.15, 0.2) is 0 Å². The van der Waals surface area contributed by atoms with Gasteiger partial charge in [-0.15, -0.1) is 0 Å². The van der Waals surface area contributed by atoms with Crippen molar-refractivity contribution in [3.05, 3.63) is 0 Å². The Kier molecular flexibility index (Phi) is 4.28. The summed E-state index contributed by atoms with van der Waals surface area (Å²) in [6.45, 7) is 2.54. The van der Waals surface area contributed by atoms with Gasteiger partial charge in [0.05, 0.1) is 11.9 Å². The summed E-state index contributed by atoms with van der Waals surface area (Å²) >= 11 is 0. The molecule has 1 heterocycles. The highest BCUT2D eigenvalue weighted by molar-refractivity contribution is 7.90. The zero-order valence-corrected chi connectivity index (χ0v) is 10.0. The molecule has 0 amide bonds. The molecule has 1 fully saturated rings. The second kappa shape index (κ2) is 5.07. The fourth-order valence-corrected chi connectivity index (χ4v) is 2.52. The smallest absolute Gasteiger partial charge is 0.147 e. The fraction of sp³-hybridized carbons (Fsp3) is 0.900. The van der Waals surface area contributed by atoms with Crippen LogP contribution in [0.4, 0.5) is 0 Å². The molecule has 15 heavy (non-hydrogen) atoms. The largest absolute Gasteiger partial charge is 0.378 e. The Morgan fingerprint density at radius 3 is 2.60 bits per heavy atom. The fourth-order valence-electron chi connectivity index (χ4n) is 1.85. The lowest BCUT2D eigenvalue weighted by molar-refractivity contribution is -0.124. The number of ketones is 1. The molecular formula is C10H18O4S. The Morgan fingerprint density at radius 2 is 2.13 bits per heavy atom. The summed E-state index contributed by atoms with van der Waals surface area (Å²) in [6.07, 6.45) is 2.75. The van der Waals surface area contributed by atoms with Crippen LogP contribution in [-0.2, 0) is 19.4 Å². The van der Waals surface area contributed by atoms with E-state index in [-0.39, 0.29) is 23.6 Å². The average Bonchev–Trinajstić information content (AvgIpc) is 2.48. The van der Waals surface area contributed by atoms with E-state index >= 15 is 0 Å². The van der Waals surface area contributed by atoms with Crippen LogP contribution in [0.2, 0.25) is 0 Å². The summed E-state index contributed by atoms with van der Waals surface area (Å²) < 4.78 is 27.0. The molecule has 0 aromatic heterocycles. The number of carbonyl (C=O) groups is 1. The number of ether oxygens (including phenoxy) is 1. The first-order chi connectivity index (χ1) is 6.90. The molecule has 0 radical (unpaired) electrons. The Morgan fingerprint density at radius 1 is 1.47 bits per heavy atom. The van der Waals surface area contributed by atoms with E-state index in [0.29, 0.717) is 19.4 Å². The van der Waals surface area contributed by atoms with Crippen molar-refractivity contribution in [1.29, 1.82) is 0 Å². The van der Waals surface area contributed by atoms with Crippen LogP contribution in [0.25, 0.3) is 0 Å². The number of rotatable bonds is 5. The van der Waals surface area contributed by atoms with Crippen LogP contribution in [0, 0.1) is 5.92 Å². The summed E-state index contributed by atoms with van der Waals surface area (Å²) in [6, 6.07) is 0. The minimum Gasteiger partial charge on any atom is -0.378 e. The van der Waals surface area contributed by atoms with E-state index in [2.05, 4.69) is 0 Å². The normalized spacial score (nSPS) is 26.8. The lowest BCUT2D eigenvalue weighted by atomic mass is 9.95. The average molecular weight is 234 g/mol. The van der Waals surface area contributed by atoms with E-state index < -0.39 is 9.84 Å². The molecule has 0 bridgehead atoms. The van der Waals surface area contributed by atoms with Crippen LogP contribution in [0.3, 0.4) is 0 Å². The van der Waals surface area contributed by atoms with Crippen molar-refractivity contribution in [2.45, 2.75) is 32.3 Å². The van der Waals surface area contributed by atoms with E-state index in [9.17, 15) is 13.2 Å². The topological polar surface area (TPSA) is 60.4 Å². The van der Waals surface area contributed by atoms with Crippen molar-refractivity contribution < 1.29 is 17.9 Å². The van der Waals surface area contributed by atoms with Gasteiger partial charge in [0.25, 0.3) is 0 Å². The van der Waals surface area contributed by atoms with Gasteiger partial charge in [-0.2, -0.15) is 0 Å². The van der Waals surface area contributed by atoms with Crippen molar-refractivity contribution in [3.63, 3.8) is 0 Å². The molecule has 4 nitrogen and oxygen atoms in total. The van der Waals surface area contributed by atoms with Crippen LogP contribution in [0.1, 0.15) is 26.2 Å². The second-order valence-electron chi connectivity index (χ2n) is 4.17. The first-order valence-corrected chi connectivity index (χ1v) is 7.28. The minimum absolute atomic E-state index is 0.00395. The summed E-state index contributed by atoms with van der Waals surface area (Å²) in [5, 5.41) is 0. The van der Waals surface area contributed by atoms with Crippen LogP contribution in [0.5, 0.6) is 0 Å². The predicted molar refractivity (Wildman–Crippen MR) is 57.5 cm³/mol. The molecule has 0 spiro atoms. The molecule has 0 aromatic rings. The molecule has 88 valence electrons. The molecule has 1 saturated heterocycles. The summed E-state index contributed by atoms with van der Waals surface area (Å²) in [5.74, 6) is 0.217. The Labute approximate surface area is 90.9 Å². The lowest BCUT2D eigenvalue weighted by Gasteiger charge is -2.11. The Balaban J connectivity index is 2.30. The molecule has 5 heteroatoms. The number of hydrogen-bond donors (Lipinski definition) is 0. The first-order valence-electron chi connectivity index (χ1n) is 5.22. The van der Waals surface area contributed by atoms with Gasteiger partial charge in [-0.05, 0) is 19.8 Å². The van der Waals surface area contributed by atoms with E-state index in [1.807, 2.05) is 6.92 Å². The maximum atomic E-state index is 11.7. The molecule has 1 aliphatic heterocycles. The summed E-state index contributed by atoms with van der Waals surface area (Å²) in [4.78, 5) is 11.7. The quantitative estimate of drug-likeness (QED) is 0.706. The first kappa shape index (κ1) is 12.6. The Bertz CT molecular complexity index is 320. The van der Waals surface area contributed by atoms with Gasteiger partial charge in [0, 0.05) is 25.2 Å². The molecule has 2 unspecified atom stereocenters. The molecule has 0 saturated carbocycles. The van der Waals surface area contributed by atoms with E-state index in [1.165, 1.54) is 6.26 Å². The minimum atomic E-state index is -2.94. The summed E-state index contributed by atoms with van der Waals surface area (Å²) in [7, 11) is -2.94. The van der Waals surface area contributed by atoms with Crippen LogP contribution >= 0.6 is 0 Å². The van der Waals surface area contributed by atoms with Crippen LogP contribution < -0.4 is 0 Å². The van der Waals surface area contributed by atoms with Crippen molar-refractivity contribution >= 4 is 15.6 Å². The van der Waals surface area contributed by atoms with Crippen molar-refractivity contribution in [1.82, 2.24) is 0 Å². The SMILES string of the molecule is CC1OCCC1C(=O)CCCS(C)(=O)=O. The summed E-state index contributed by atoms with van der Waals surface area (Å²) in [5.41, 5.74) is 0. The lowest BCUT2D eigenvalue weighted by Crippen LogP contribution is -2.22. The number of hydrogen-bond acceptors (Lipinski definition) is 4. The highest BCUT2D eigenvalue weighted by Gasteiger charge is 2.29. The van der Waals surface area contributed by atoms with Gasteiger partial charge in [-0.1, -0.05) is 0 Å². The van der Waals surface area contributed by atoms with Gasteiger partial charge >= 0.3 is 0 Å². The van der Waals surface area contributed by atoms with Crippen molar-refractivity contribution in [3.8, 4) is 0 Å². The second-order valence-corrected chi connectivity index (χ2v) is 6.43. The van der Waals surface area contributed by atoms with Crippen molar-refractivity contribution in [2.75, 3.05) is 18.6 Å². The maximum Gasteiger partial charge on any atom is 0.147 e. The zero-order chi connectivity index (χ0) is 11.5. The monoisotopic (exact) mass is 234 g/mol. The van der Waals surface area contributed by atoms with Gasteiger partial charge < -0.3 is 4.74 Å². The number of sulfone groups is 1. The molecule has 0 N–H and O–H groups in total. The van der Waals surface area contributed by atoms with Crippen LogP contribution in [-0.4, -0.2) is 38.9 Å². The molecule has 0 aromatic carbocycles. The van der Waals surface area contributed by atoms with E-state index in [0.717, 1.165) is 6.42 Å². The number of carbonyl (C=O) groups excluding carboxylic acids is 1. The van der Waals surface area contributed by atoms with E-state index in [1.54, 1.807) is 0 Å².